The average Bonchev–Trinajstić information content (AvgIpc) is 2.83. The van der Waals surface area contributed by atoms with Crippen molar-refractivity contribution in [3.63, 3.8) is 0 Å². The van der Waals surface area contributed by atoms with E-state index in [0.717, 1.165) is 17.7 Å². The number of anilines is 2. The third-order valence-corrected chi connectivity index (χ3v) is 2.78. The zero-order chi connectivity index (χ0) is 15.5. The normalized spacial score (nSPS) is 11.5. The van der Waals surface area contributed by atoms with Gasteiger partial charge in [-0.25, -0.2) is 10.8 Å². The van der Waals surface area contributed by atoms with Gasteiger partial charge >= 0.3 is 6.18 Å². The number of aromatic nitrogens is 3. The lowest BCUT2D eigenvalue weighted by Gasteiger charge is -2.12. The van der Waals surface area contributed by atoms with E-state index in [-0.39, 0.29) is 11.6 Å². The van der Waals surface area contributed by atoms with Crippen LogP contribution >= 0.6 is 0 Å². The SMILES string of the molecule is Cn1cc(CCNc2cc(C(F)(F)F)cc(NN)n2)cn1. The Bertz CT molecular complexity index is 607. The summed E-state index contributed by atoms with van der Waals surface area (Å²) in [6.45, 7) is 0.435. The topological polar surface area (TPSA) is 80.8 Å². The van der Waals surface area contributed by atoms with E-state index in [0.29, 0.717) is 13.0 Å². The summed E-state index contributed by atoms with van der Waals surface area (Å²) in [5.41, 5.74) is 2.30. The standard InChI is InChI=1S/C12H15F3N6/c1-21-7-8(6-18-21)2-3-17-10-4-9(12(13,14)15)5-11(19-10)20-16/h4-7H,2-3,16H2,1H3,(H2,17,19,20). The molecule has 0 amide bonds. The minimum atomic E-state index is -4.45. The number of nitrogens with one attached hydrogen (secondary N) is 2. The summed E-state index contributed by atoms with van der Waals surface area (Å²) in [6, 6.07) is 1.80. The number of hydrogen-bond acceptors (Lipinski definition) is 5. The van der Waals surface area contributed by atoms with Gasteiger partial charge in [-0.15, -0.1) is 0 Å². The van der Waals surface area contributed by atoms with Crippen LogP contribution < -0.4 is 16.6 Å². The van der Waals surface area contributed by atoms with Gasteiger partial charge < -0.3 is 10.7 Å². The highest BCUT2D eigenvalue weighted by atomic mass is 19.4. The molecule has 2 rings (SSSR count). The van der Waals surface area contributed by atoms with Crippen LogP contribution in [0.2, 0.25) is 0 Å². The Morgan fingerprint density at radius 2 is 2.00 bits per heavy atom. The van der Waals surface area contributed by atoms with Gasteiger partial charge in [-0.2, -0.15) is 18.3 Å². The van der Waals surface area contributed by atoms with Crippen LogP contribution in [-0.2, 0) is 19.6 Å². The van der Waals surface area contributed by atoms with Crippen molar-refractivity contribution in [2.24, 2.45) is 12.9 Å². The minimum Gasteiger partial charge on any atom is -0.370 e. The molecule has 4 N–H and O–H groups in total. The van der Waals surface area contributed by atoms with Gasteiger partial charge in [0.25, 0.3) is 0 Å². The van der Waals surface area contributed by atoms with Gasteiger partial charge in [0.2, 0.25) is 0 Å². The molecule has 114 valence electrons. The molecule has 0 aliphatic carbocycles. The van der Waals surface area contributed by atoms with E-state index in [9.17, 15) is 13.2 Å². The number of aryl methyl sites for hydroxylation is 1. The fourth-order valence-electron chi connectivity index (χ4n) is 1.79. The highest BCUT2D eigenvalue weighted by Crippen LogP contribution is 2.31. The van der Waals surface area contributed by atoms with Crippen LogP contribution in [0.1, 0.15) is 11.1 Å². The first-order valence-electron chi connectivity index (χ1n) is 6.16. The molecule has 2 aromatic rings. The quantitative estimate of drug-likeness (QED) is 0.579. The Labute approximate surface area is 119 Å². The van der Waals surface area contributed by atoms with Gasteiger partial charge in [-0.3, -0.25) is 4.68 Å². The Morgan fingerprint density at radius 3 is 2.57 bits per heavy atom. The third kappa shape index (κ3) is 4.09. The fraction of sp³-hybridized carbons (Fsp3) is 0.333. The first-order chi connectivity index (χ1) is 9.88. The maximum Gasteiger partial charge on any atom is 0.416 e. The lowest BCUT2D eigenvalue weighted by molar-refractivity contribution is -0.137. The molecule has 0 aromatic carbocycles. The van der Waals surface area contributed by atoms with E-state index < -0.39 is 11.7 Å². The molecule has 0 saturated heterocycles. The fourth-order valence-corrected chi connectivity index (χ4v) is 1.79. The molecule has 0 bridgehead atoms. The van der Waals surface area contributed by atoms with Crippen molar-refractivity contribution in [3.05, 3.63) is 35.7 Å². The summed E-state index contributed by atoms with van der Waals surface area (Å²) in [7, 11) is 1.80. The van der Waals surface area contributed by atoms with E-state index in [4.69, 9.17) is 5.84 Å². The molecule has 0 atom stereocenters. The molecule has 2 heterocycles. The molecule has 21 heavy (non-hydrogen) atoms. The number of nitrogen functional groups attached to an aromatic ring is 1. The number of halogens is 3. The predicted molar refractivity (Wildman–Crippen MR) is 72.5 cm³/mol. The number of nitrogens with two attached hydrogens (primary N) is 1. The van der Waals surface area contributed by atoms with Crippen LogP contribution in [0.5, 0.6) is 0 Å². The van der Waals surface area contributed by atoms with Crippen LogP contribution in [-0.4, -0.2) is 21.3 Å². The minimum absolute atomic E-state index is 0.0475. The van der Waals surface area contributed by atoms with Crippen LogP contribution in [0.4, 0.5) is 24.8 Å². The summed E-state index contributed by atoms with van der Waals surface area (Å²) in [5, 5.41) is 6.86. The maximum atomic E-state index is 12.7. The molecule has 0 unspecified atom stereocenters. The highest BCUT2D eigenvalue weighted by molar-refractivity contribution is 5.49. The van der Waals surface area contributed by atoms with Gasteiger partial charge in [0.15, 0.2) is 0 Å². The van der Waals surface area contributed by atoms with Crippen molar-refractivity contribution in [1.29, 1.82) is 0 Å². The lowest BCUT2D eigenvalue weighted by atomic mass is 10.2. The lowest BCUT2D eigenvalue weighted by Crippen LogP contribution is -2.14. The molecular formula is C12H15F3N6. The molecular weight excluding hydrogens is 285 g/mol. The monoisotopic (exact) mass is 300 g/mol. The summed E-state index contributed by atoms with van der Waals surface area (Å²) in [6.07, 6.45) is -0.284. The summed E-state index contributed by atoms with van der Waals surface area (Å²) in [5.74, 6) is 5.20. The smallest absolute Gasteiger partial charge is 0.370 e. The molecule has 0 spiro atoms. The molecule has 0 radical (unpaired) electrons. The Kier molecular flexibility index (Phi) is 4.32. The molecule has 0 fully saturated rings. The van der Waals surface area contributed by atoms with Crippen molar-refractivity contribution in [2.75, 3.05) is 17.3 Å². The van der Waals surface area contributed by atoms with Gasteiger partial charge in [-0.05, 0) is 24.1 Å². The first kappa shape index (κ1) is 15.1. The number of hydrogen-bond donors (Lipinski definition) is 3. The van der Waals surface area contributed by atoms with Crippen molar-refractivity contribution < 1.29 is 13.2 Å². The van der Waals surface area contributed by atoms with Gasteiger partial charge in [0, 0.05) is 19.8 Å². The second kappa shape index (κ2) is 6.00. The van der Waals surface area contributed by atoms with Gasteiger partial charge in [0.1, 0.15) is 11.6 Å². The molecule has 9 heteroatoms. The van der Waals surface area contributed by atoms with E-state index in [1.165, 1.54) is 0 Å². The van der Waals surface area contributed by atoms with E-state index >= 15 is 0 Å². The van der Waals surface area contributed by atoms with Crippen LogP contribution in [0, 0.1) is 0 Å². The van der Waals surface area contributed by atoms with E-state index in [1.54, 1.807) is 17.9 Å². The number of alkyl halides is 3. The van der Waals surface area contributed by atoms with E-state index in [2.05, 4.69) is 20.8 Å². The van der Waals surface area contributed by atoms with Gasteiger partial charge in [-0.1, -0.05) is 0 Å². The Balaban J connectivity index is 2.05. The first-order valence-corrected chi connectivity index (χ1v) is 6.16. The Morgan fingerprint density at radius 1 is 1.29 bits per heavy atom. The average molecular weight is 300 g/mol. The highest BCUT2D eigenvalue weighted by Gasteiger charge is 2.31. The summed E-state index contributed by atoms with van der Waals surface area (Å²) in [4.78, 5) is 3.93. The predicted octanol–water partition coefficient (Wildman–Crippen LogP) is 1.77. The van der Waals surface area contributed by atoms with Crippen molar-refractivity contribution in [1.82, 2.24) is 14.8 Å². The zero-order valence-corrected chi connectivity index (χ0v) is 11.3. The Hall–Kier alpha value is -2.29. The number of rotatable bonds is 5. The molecule has 0 aliphatic rings. The molecule has 6 nitrogen and oxygen atoms in total. The number of pyridine rings is 1. The zero-order valence-electron chi connectivity index (χ0n) is 11.3. The maximum absolute atomic E-state index is 12.7. The van der Waals surface area contributed by atoms with Crippen molar-refractivity contribution in [2.45, 2.75) is 12.6 Å². The third-order valence-electron chi connectivity index (χ3n) is 2.78. The van der Waals surface area contributed by atoms with Crippen molar-refractivity contribution in [3.8, 4) is 0 Å². The van der Waals surface area contributed by atoms with Crippen LogP contribution in [0.3, 0.4) is 0 Å². The van der Waals surface area contributed by atoms with Crippen molar-refractivity contribution >= 4 is 11.6 Å². The summed E-state index contributed by atoms with van der Waals surface area (Å²) < 4.78 is 39.9. The number of nitrogens with zero attached hydrogens (tertiary/aromatic N) is 3. The second-order valence-electron chi connectivity index (χ2n) is 4.47. The van der Waals surface area contributed by atoms with E-state index in [1.807, 2.05) is 6.20 Å². The van der Waals surface area contributed by atoms with Crippen LogP contribution in [0.25, 0.3) is 0 Å². The molecule has 0 aliphatic heterocycles. The second-order valence-corrected chi connectivity index (χ2v) is 4.47. The molecule has 2 aromatic heterocycles. The molecule has 0 saturated carbocycles. The summed E-state index contributed by atoms with van der Waals surface area (Å²) >= 11 is 0. The van der Waals surface area contributed by atoms with Gasteiger partial charge in [0.05, 0.1) is 11.8 Å². The largest absolute Gasteiger partial charge is 0.416 e. The van der Waals surface area contributed by atoms with Crippen LogP contribution in [0.15, 0.2) is 24.5 Å². The number of hydrazine groups is 1.